The minimum Gasteiger partial charge on any atom is -0.486 e. The summed E-state index contributed by atoms with van der Waals surface area (Å²) in [7, 11) is 0. The summed E-state index contributed by atoms with van der Waals surface area (Å²) < 4.78 is 24.3. The highest BCUT2D eigenvalue weighted by Crippen LogP contribution is 2.41. The van der Waals surface area contributed by atoms with Gasteiger partial charge in [0.15, 0.2) is 23.0 Å². The lowest BCUT2D eigenvalue weighted by molar-refractivity contribution is 0.102. The van der Waals surface area contributed by atoms with E-state index in [9.17, 15) is 9.59 Å². The Hall–Kier alpha value is -4.13. The van der Waals surface area contributed by atoms with E-state index in [2.05, 4.69) is 37.2 Å². The van der Waals surface area contributed by atoms with E-state index < -0.39 is 5.24 Å². The highest BCUT2D eigenvalue weighted by Gasteiger charge is 2.17. The van der Waals surface area contributed by atoms with Crippen molar-refractivity contribution in [2.75, 3.05) is 42.8 Å². The molecule has 15 heteroatoms. The second-order valence-corrected chi connectivity index (χ2v) is 15.6. The number of nitrogen functional groups attached to an aromatic ring is 1. The van der Waals surface area contributed by atoms with Crippen LogP contribution < -0.4 is 30.0 Å². The Balaban J connectivity index is 0.000000177. The third-order valence-corrected chi connectivity index (χ3v) is 10.3. The summed E-state index contributed by atoms with van der Waals surface area (Å²) >= 11 is 33.6. The molecule has 1 amide bonds. The fourth-order valence-corrected chi connectivity index (χ4v) is 7.19. The third-order valence-electron chi connectivity index (χ3n) is 8.14. The van der Waals surface area contributed by atoms with Crippen molar-refractivity contribution in [1.82, 2.24) is 0 Å². The molecular weight excluding hydrogens is 978 g/mol. The van der Waals surface area contributed by atoms with Gasteiger partial charge < -0.3 is 30.0 Å². The summed E-state index contributed by atoms with van der Waals surface area (Å²) in [4.78, 5) is 22.9. The van der Waals surface area contributed by atoms with Crippen molar-refractivity contribution < 1.29 is 28.5 Å². The average molecular weight is 1010 g/mol. The van der Waals surface area contributed by atoms with Crippen molar-refractivity contribution in [3.63, 3.8) is 0 Å². The number of anilines is 2. The summed E-state index contributed by atoms with van der Waals surface area (Å²) in [5.74, 6) is 2.80. The van der Waals surface area contributed by atoms with Crippen LogP contribution in [0.5, 0.6) is 23.0 Å². The lowest BCUT2D eigenvalue weighted by atomic mass is 10.0. The number of carbonyl (C=O) groups excluding carboxylic acids is 2. The molecule has 2 aliphatic rings. The maximum absolute atomic E-state index is 12.4. The number of benzene rings is 6. The quantitative estimate of drug-likeness (QED) is 0.101. The van der Waals surface area contributed by atoms with Crippen LogP contribution in [-0.4, -0.2) is 42.9 Å². The molecule has 0 radical (unpaired) electrons. The Kier molecular flexibility index (Phi) is 17.3. The van der Waals surface area contributed by atoms with Gasteiger partial charge in [0.05, 0.1) is 26.5 Å². The van der Waals surface area contributed by atoms with Crippen molar-refractivity contribution in [1.29, 1.82) is 0 Å². The van der Waals surface area contributed by atoms with Crippen LogP contribution in [0.1, 0.15) is 20.7 Å². The molecule has 0 atom stereocenters. The maximum atomic E-state index is 12.4. The normalized spacial score (nSPS) is 11.9. The molecule has 2 aliphatic heterocycles. The molecule has 0 aliphatic carbocycles. The number of nitrogens with one attached hydrogen (secondary N) is 1. The Morgan fingerprint density at radius 3 is 1.36 bits per heavy atom. The molecule has 0 spiro atoms. The Labute approximate surface area is 377 Å². The molecule has 3 N–H and O–H groups in total. The van der Waals surface area contributed by atoms with Gasteiger partial charge in [0.25, 0.3) is 11.1 Å². The molecule has 6 aromatic rings. The van der Waals surface area contributed by atoms with Gasteiger partial charge in [0.2, 0.25) is 0 Å². The number of amides is 1. The highest BCUT2D eigenvalue weighted by atomic mass is 79.9. The number of ether oxygens (including phenoxy) is 4. The second kappa shape index (κ2) is 22.3. The van der Waals surface area contributed by atoms with Crippen molar-refractivity contribution in [2.45, 2.75) is 0 Å². The van der Waals surface area contributed by atoms with E-state index in [4.69, 9.17) is 82.7 Å². The van der Waals surface area contributed by atoms with Crippen LogP contribution in [0.3, 0.4) is 0 Å². The molecule has 58 heavy (non-hydrogen) atoms. The molecule has 0 bridgehead atoms. The van der Waals surface area contributed by atoms with Crippen LogP contribution in [0.4, 0.5) is 11.4 Å². The third kappa shape index (κ3) is 12.4. The van der Waals surface area contributed by atoms with E-state index in [0.717, 1.165) is 59.9 Å². The van der Waals surface area contributed by atoms with Crippen LogP contribution in [-0.2, 0) is 0 Å². The number of rotatable bonds is 5. The molecule has 300 valence electrons. The second-order valence-electron chi connectivity index (χ2n) is 11.9. The van der Waals surface area contributed by atoms with Crippen LogP contribution >= 0.6 is 89.9 Å². The summed E-state index contributed by atoms with van der Waals surface area (Å²) in [6.07, 6.45) is 0. The molecule has 0 aromatic heterocycles. The zero-order chi connectivity index (χ0) is 41.6. The summed E-state index contributed by atoms with van der Waals surface area (Å²) in [6, 6.07) is 36.8. The van der Waals surface area contributed by atoms with E-state index in [1.807, 2.05) is 72.8 Å². The minimum atomic E-state index is -0.523. The number of hydrogen-bond donors (Lipinski definition) is 2. The van der Waals surface area contributed by atoms with Gasteiger partial charge in [0, 0.05) is 20.3 Å². The predicted molar refractivity (Wildman–Crippen MR) is 243 cm³/mol. The first-order valence-electron chi connectivity index (χ1n) is 17.3. The Morgan fingerprint density at radius 2 is 0.966 bits per heavy atom. The van der Waals surface area contributed by atoms with E-state index in [-0.39, 0.29) is 11.2 Å². The molecule has 0 saturated heterocycles. The Morgan fingerprint density at radius 1 is 0.586 bits per heavy atom. The first-order chi connectivity index (χ1) is 28.0. The summed E-state index contributed by atoms with van der Waals surface area (Å²) in [5, 5.41) is 3.35. The molecule has 0 saturated carbocycles. The standard InChI is InChI=1S/C21H15BrClNO3.C14H12BrNO2.C7H4Cl2O.CH2Cl2/c22-17-12-20-19(26-9-10-27-20)11-16(17)13-5-7-14(8-6-13)24-21(25)15-3-1-2-4-18(15)23;15-12-8-14-13(17-5-6-18-14)7-11(12)9-1-3-10(16)4-2-9;8-6-4-2-1-3-5(6)7(9)10;2-1-3/h1-8,11-12H,9-10H2,(H,24,25);1-4,7-8H,5-6,16H2;1-4H;1H2. The predicted octanol–water partition coefficient (Wildman–Crippen LogP) is 13.4. The lowest BCUT2D eigenvalue weighted by Gasteiger charge is -2.20. The van der Waals surface area contributed by atoms with Gasteiger partial charge in [-0.25, -0.2) is 0 Å². The number of carbonyl (C=O) groups is 2. The van der Waals surface area contributed by atoms with E-state index in [1.165, 1.54) is 0 Å². The zero-order valence-electron chi connectivity index (χ0n) is 30.3. The van der Waals surface area contributed by atoms with Crippen molar-refractivity contribution in [2.24, 2.45) is 0 Å². The lowest BCUT2D eigenvalue weighted by Crippen LogP contribution is -2.15. The number of fused-ring (bicyclic) bond motifs is 2. The van der Waals surface area contributed by atoms with E-state index >= 15 is 0 Å². The fraction of sp³-hybridized carbons (Fsp3) is 0.116. The molecule has 0 unspecified atom stereocenters. The molecule has 6 aromatic carbocycles. The highest BCUT2D eigenvalue weighted by molar-refractivity contribution is 9.11. The molecular formula is C43H33Br2Cl5N2O6. The Bertz CT molecular complexity index is 2350. The number of hydrogen-bond acceptors (Lipinski definition) is 7. The van der Waals surface area contributed by atoms with Crippen LogP contribution in [0.25, 0.3) is 22.3 Å². The van der Waals surface area contributed by atoms with Gasteiger partial charge in [-0.15, -0.1) is 23.2 Å². The van der Waals surface area contributed by atoms with E-state index in [1.54, 1.807) is 48.5 Å². The molecule has 8 nitrogen and oxygen atoms in total. The van der Waals surface area contributed by atoms with E-state index in [0.29, 0.717) is 53.3 Å². The van der Waals surface area contributed by atoms with Gasteiger partial charge in [-0.05, 0) is 107 Å². The van der Waals surface area contributed by atoms with Crippen LogP contribution in [0, 0.1) is 0 Å². The molecule has 2 heterocycles. The van der Waals surface area contributed by atoms with Gasteiger partial charge in [-0.3, -0.25) is 9.59 Å². The fourth-order valence-electron chi connectivity index (χ4n) is 5.43. The number of halogens is 7. The number of nitrogens with two attached hydrogens (primary N) is 1. The van der Waals surface area contributed by atoms with Gasteiger partial charge >= 0.3 is 0 Å². The average Bonchev–Trinajstić information content (AvgIpc) is 3.22. The van der Waals surface area contributed by atoms with Gasteiger partial charge in [-0.1, -0.05) is 104 Å². The summed E-state index contributed by atoms with van der Waals surface area (Å²) in [6.45, 7) is 2.29. The smallest absolute Gasteiger partial charge is 0.257 e. The summed E-state index contributed by atoms with van der Waals surface area (Å²) in [5.41, 5.74) is 12.1. The zero-order valence-corrected chi connectivity index (χ0v) is 37.2. The SMILES string of the molecule is ClCCl.Nc1ccc(-c2cc3c(cc2Br)OCCO3)cc1.O=C(Cl)c1ccccc1Cl.O=C(Nc1ccc(-c2cc3c(cc2Br)OCCO3)cc1)c1ccccc1Cl. The molecule has 8 rings (SSSR count). The first-order valence-corrected chi connectivity index (χ1v) is 21.0. The van der Waals surface area contributed by atoms with Crippen molar-refractivity contribution in [3.8, 4) is 45.3 Å². The largest absolute Gasteiger partial charge is 0.486 e. The minimum absolute atomic E-state index is 0.194. The maximum Gasteiger partial charge on any atom is 0.257 e. The monoisotopic (exact) mass is 1010 g/mol. The van der Waals surface area contributed by atoms with Crippen molar-refractivity contribution >= 4 is 112 Å². The molecule has 0 fully saturated rings. The first kappa shape index (κ1) is 45.0. The van der Waals surface area contributed by atoms with Gasteiger partial charge in [-0.2, -0.15) is 0 Å². The topological polar surface area (TPSA) is 109 Å². The van der Waals surface area contributed by atoms with Gasteiger partial charge in [0.1, 0.15) is 26.4 Å². The van der Waals surface area contributed by atoms with Crippen LogP contribution in [0.15, 0.2) is 130 Å². The number of alkyl halides is 2. The van der Waals surface area contributed by atoms with Crippen LogP contribution in [0.2, 0.25) is 10.0 Å². The van der Waals surface area contributed by atoms with Crippen molar-refractivity contribution in [3.05, 3.63) is 151 Å².